The van der Waals surface area contributed by atoms with Crippen LogP contribution in [0.2, 0.25) is 0 Å². The van der Waals surface area contributed by atoms with Crippen LogP contribution in [0.4, 0.5) is 0 Å². The highest BCUT2D eigenvalue weighted by atomic mass is 79.9. The molecule has 0 radical (unpaired) electrons. The summed E-state index contributed by atoms with van der Waals surface area (Å²) in [6.45, 7) is 0.354. The summed E-state index contributed by atoms with van der Waals surface area (Å²) in [7, 11) is -2.18. The van der Waals surface area contributed by atoms with Gasteiger partial charge in [-0.15, -0.1) is 0 Å². The van der Waals surface area contributed by atoms with E-state index in [4.69, 9.17) is 0 Å². The van der Waals surface area contributed by atoms with E-state index in [0.717, 1.165) is 0 Å². The predicted molar refractivity (Wildman–Crippen MR) is 72.9 cm³/mol. The summed E-state index contributed by atoms with van der Waals surface area (Å²) in [4.78, 5) is 15.7. The van der Waals surface area contributed by atoms with Crippen LogP contribution in [-0.2, 0) is 14.8 Å². The molecule has 0 aliphatic carbocycles. The Labute approximate surface area is 120 Å². The topological polar surface area (TPSA) is 79.4 Å². The fraction of sp³-hybridized carbons (Fsp3) is 0.455. The molecular formula is C11H14BrN3O3S. The molecule has 0 saturated carbocycles. The second kappa shape index (κ2) is 5.56. The standard InChI is InChI=1S/C11H14BrN3O3S/c1-13-11(16)10-3-2-4-15(10)19(17,18)9-5-8(12)6-14-7-9/h5-7,10H,2-4H2,1H3,(H,13,16). The van der Waals surface area contributed by atoms with Crippen molar-refractivity contribution in [1.29, 1.82) is 0 Å². The lowest BCUT2D eigenvalue weighted by molar-refractivity contribution is -0.123. The number of carbonyl (C=O) groups is 1. The lowest BCUT2D eigenvalue weighted by Crippen LogP contribution is -2.44. The number of hydrogen-bond donors (Lipinski definition) is 1. The molecule has 1 N–H and O–H groups in total. The van der Waals surface area contributed by atoms with Crippen LogP contribution in [0.25, 0.3) is 0 Å². The first-order valence-corrected chi connectivity index (χ1v) is 8.04. The highest BCUT2D eigenvalue weighted by Gasteiger charge is 2.39. The van der Waals surface area contributed by atoms with Gasteiger partial charge in [0, 0.05) is 30.5 Å². The van der Waals surface area contributed by atoms with Gasteiger partial charge in [0.25, 0.3) is 0 Å². The number of pyridine rings is 1. The van der Waals surface area contributed by atoms with Crippen molar-refractivity contribution in [3.63, 3.8) is 0 Å². The Balaban J connectivity index is 2.36. The van der Waals surface area contributed by atoms with Gasteiger partial charge in [-0.05, 0) is 34.8 Å². The van der Waals surface area contributed by atoms with Gasteiger partial charge in [0.15, 0.2) is 0 Å². The number of halogens is 1. The minimum Gasteiger partial charge on any atom is -0.358 e. The van der Waals surface area contributed by atoms with E-state index in [1.165, 1.54) is 29.8 Å². The molecule has 1 aromatic heterocycles. The molecule has 1 saturated heterocycles. The highest BCUT2D eigenvalue weighted by molar-refractivity contribution is 9.10. The van der Waals surface area contributed by atoms with Crippen molar-refractivity contribution >= 4 is 31.9 Å². The van der Waals surface area contributed by atoms with Gasteiger partial charge in [0.05, 0.1) is 0 Å². The smallest absolute Gasteiger partial charge is 0.245 e. The molecule has 6 nitrogen and oxygen atoms in total. The molecule has 0 spiro atoms. The molecule has 0 bridgehead atoms. The van der Waals surface area contributed by atoms with Crippen molar-refractivity contribution in [1.82, 2.24) is 14.6 Å². The number of hydrogen-bond acceptors (Lipinski definition) is 4. The first kappa shape index (κ1) is 14.4. The van der Waals surface area contributed by atoms with Crippen LogP contribution in [0, 0.1) is 0 Å². The van der Waals surface area contributed by atoms with Crippen molar-refractivity contribution in [3.8, 4) is 0 Å². The van der Waals surface area contributed by atoms with Crippen LogP contribution < -0.4 is 5.32 Å². The minimum atomic E-state index is -3.69. The summed E-state index contributed by atoms with van der Waals surface area (Å²) in [5, 5.41) is 2.50. The molecule has 1 fully saturated rings. The zero-order valence-electron chi connectivity index (χ0n) is 10.3. The van der Waals surface area contributed by atoms with Crippen LogP contribution in [0.3, 0.4) is 0 Å². The fourth-order valence-corrected chi connectivity index (χ4v) is 4.29. The predicted octanol–water partition coefficient (Wildman–Crippen LogP) is 0.743. The number of nitrogens with zero attached hydrogens (tertiary/aromatic N) is 2. The highest BCUT2D eigenvalue weighted by Crippen LogP contribution is 2.26. The van der Waals surface area contributed by atoms with Gasteiger partial charge < -0.3 is 5.32 Å². The van der Waals surface area contributed by atoms with Crippen molar-refractivity contribution in [2.24, 2.45) is 0 Å². The number of amides is 1. The third-order valence-electron chi connectivity index (χ3n) is 3.04. The largest absolute Gasteiger partial charge is 0.358 e. The Kier molecular flexibility index (Phi) is 4.22. The molecule has 1 unspecified atom stereocenters. The molecule has 0 aromatic carbocycles. The molecule has 8 heteroatoms. The van der Waals surface area contributed by atoms with Crippen LogP contribution in [0.15, 0.2) is 27.8 Å². The normalized spacial score (nSPS) is 20.4. The Morgan fingerprint density at radius 3 is 2.89 bits per heavy atom. The van der Waals surface area contributed by atoms with Crippen molar-refractivity contribution in [3.05, 3.63) is 22.9 Å². The van der Waals surface area contributed by atoms with E-state index in [-0.39, 0.29) is 10.8 Å². The van der Waals surface area contributed by atoms with Crippen LogP contribution in [-0.4, -0.2) is 43.2 Å². The number of rotatable bonds is 3. The zero-order chi connectivity index (χ0) is 14.0. The molecule has 1 atom stereocenters. The molecule has 1 aromatic rings. The van der Waals surface area contributed by atoms with Crippen molar-refractivity contribution in [2.45, 2.75) is 23.8 Å². The summed E-state index contributed by atoms with van der Waals surface area (Å²) < 4.78 is 26.8. The zero-order valence-corrected chi connectivity index (χ0v) is 12.7. The number of sulfonamides is 1. The van der Waals surface area contributed by atoms with Crippen molar-refractivity contribution in [2.75, 3.05) is 13.6 Å². The first-order chi connectivity index (χ1) is 8.96. The fourth-order valence-electron chi connectivity index (χ4n) is 2.13. The maximum Gasteiger partial charge on any atom is 0.245 e. The molecule has 2 rings (SSSR count). The number of aromatic nitrogens is 1. The summed E-state index contributed by atoms with van der Waals surface area (Å²) in [6, 6.07) is 0.857. The average molecular weight is 348 g/mol. The van der Waals surface area contributed by atoms with E-state index >= 15 is 0 Å². The maximum atomic E-state index is 12.5. The summed E-state index contributed by atoms with van der Waals surface area (Å²) in [5.74, 6) is -0.274. The monoisotopic (exact) mass is 347 g/mol. The van der Waals surface area contributed by atoms with Crippen LogP contribution >= 0.6 is 15.9 Å². The van der Waals surface area contributed by atoms with Crippen molar-refractivity contribution < 1.29 is 13.2 Å². The molecule has 19 heavy (non-hydrogen) atoms. The number of likely N-dealkylation sites (N-methyl/N-ethyl adjacent to an activating group) is 1. The Bertz CT molecular complexity index is 591. The Morgan fingerprint density at radius 2 is 2.26 bits per heavy atom. The second-order valence-corrected chi connectivity index (χ2v) is 7.03. The van der Waals surface area contributed by atoms with Gasteiger partial charge in [0.2, 0.25) is 15.9 Å². The first-order valence-electron chi connectivity index (χ1n) is 5.81. The molecule has 1 aliphatic rings. The molecule has 1 amide bonds. The second-order valence-electron chi connectivity index (χ2n) is 4.23. The number of nitrogens with one attached hydrogen (secondary N) is 1. The van der Waals surface area contributed by atoms with E-state index in [9.17, 15) is 13.2 Å². The van der Waals surface area contributed by atoms with E-state index in [1.54, 1.807) is 0 Å². The third kappa shape index (κ3) is 2.80. The third-order valence-corrected chi connectivity index (χ3v) is 5.35. The summed E-state index contributed by atoms with van der Waals surface area (Å²) in [6.07, 6.45) is 4.03. The van der Waals surface area contributed by atoms with Crippen LogP contribution in [0.5, 0.6) is 0 Å². The molecule has 2 heterocycles. The average Bonchev–Trinajstić information content (AvgIpc) is 2.87. The van der Waals surface area contributed by atoms with Gasteiger partial charge in [-0.2, -0.15) is 4.31 Å². The van der Waals surface area contributed by atoms with Gasteiger partial charge in [0.1, 0.15) is 10.9 Å². The van der Waals surface area contributed by atoms with E-state index < -0.39 is 16.1 Å². The Morgan fingerprint density at radius 1 is 1.53 bits per heavy atom. The van der Waals surface area contributed by atoms with Gasteiger partial charge in [-0.3, -0.25) is 9.78 Å². The van der Waals surface area contributed by atoms with Gasteiger partial charge in [-0.1, -0.05) is 0 Å². The molecular weight excluding hydrogens is 334 g/mol. The quantitative estimate of drug-likeness (QED) is 0.874. The molecule has 1 aliphatic heterocycles. The summed E-state index contributed by atoms with van der Waals surface area (Å²) >= 11 is 3.20. The molecule has 104 valence electrons. The van der Waals surface area contributed by atoms with E-state index in [2.05, 4.69) is 26.2 Å². The number of carbonyl (C=O) groups excluding carboxylic acids is 1. The minimum absolute atomic E-state index is 0.0951. The lowest BCUT2D eigenvalue weighted by Gasteiger charge is -2.22. The summed E-state index contributed by atoms with van der Waals surface area (Å²) in [5.41, 5.74) is 0. The van der Waals surface area contributed by atoms with E-state index in [1.807, 2.05) is 0 Å². The van der Waals surface area contributed by atoms with Gasteiger partial charge in [-0.25, -0.2) is 8.42 Å². The Hall–Kier alpha value is -0.990. The van der Waals surface area contributed by atoms with Gasteiger partial charge >= 0.3 is 0 Å². The van der Waals surface area contributed by atoms with Crippen LogP contribution in [0.1, 0.15) is 12.8 Å². The van der Waals surface area contributed by atoms with E-state index in [0.29, 0.717) is 23.9 Å². The lowest BCUT2D eigenvalue weighted by atomic mass is 10.2. The maximum absolute atomic E-state index is 12.5. The SMILES string of the molecule is CNC(=O)C1CCCN1S(=O)(=O)c1cncc(Br)c1.